The fourth-order valence-corrected chi connectivity index (χ4v) is 4.37. The lowest BCUT2D eigenvalue weighted by Gasteiger charge is -2.34. The molecule has 0 aliphatic carbocycles. The van der Waals surface area contributed by atoms with Crippen LogP contribution >= 0.6 is 11.6 Å². The summed E-state index contributed by atoms with van der Waals surface area (Å²) in [4.78, 5) is 1.72. The van der Waals surface area contributed by atoms with Crippen LogP contribution in [0.2, 0.25) is 5.02 Å². The van der Waals surface area contributed by atoms with Gasteiger partial charge in [-0.15, -0.1) is 15.0 Å². The Labute approximate surface area is 192 Å². The Balaban J connectivity index is 1.82. The average Bonchev–Trinajstić information content (AvgIpc) is 3.34. The molecule has 4 aromatic carbocycles. The van der Waals surface area contributed by atoms with Gasteiger partial charge in [0.2, 0.25) is 5.82 Å². The molecule has 0 saturated carbocycles. The van der Waals surface area contributed by atoms with Crippen LogP contribution in [0, 0.1) is 6.92 Å². The molecule has 0 saturated heterocycles. The molecule has 5 rings (SSSR count). The second-order valence-electron chi connectivity index (χ2n) is 7.62. The number of hydrogen-bond acceptors (Lipinski definition) is 3. The van der Waals surface area contributed by atoms with E-state index in [4.69, 9.17) is 16.7 Å². The van der Waals surface area contributed by atoms with Gasteiger partial charge in [0, 0.05) is 10.6 Å². The second kappa shape index (κ2) is 8.40. The van der Waals surface area contributed by atoms with Gasteiger partial charge in [0.25, 0.3) is 0 Å². The fraction of sp³-hybridized carbons (Fsp3) is 0.0741. The van der Waals surface area contributed by atoms with Crippen LogP contribution in [0.3, 0.4) is 0 Å². The summed E-state index contributed by atoms with van der Waals surface area (Å²) in [6.07, 6.45) is 0. The highest BCUT2D eigenvalue weighted by Crippen LogP contribution is 2.40. The Bertz CT molecular complexity index is 1240. The van der Waals surface area contributed by atoms with E-state index in [0.29, 0.717) is 10.8 Å². The Morgan fingerprint density at radius 3 is 1.66 bits per heavy atom. The molecule has 0 amide bonds. The van der Waals surface area contributed by atoms with Crippen LogP contribution in [0.1, 0.15) is 22.3 Å². The lowest BCUT2D eigenvalue weighted by molar-refractivity contribution is 0.396. The van der Waals surface area contributed by atoms with E-state index in [0.717, 1.165) is 27.8 Å². The lowest BCUT2D eigenvalue weighted by Crippen LogP contribution is -2.39. The highest BCUT2D eigenvalue weighted by Gasteiger charge is 2.41. The Kier molecular flexibility index (Phi) is 5.29. The normalized spacial score (nSPS) is 11.4. The largest absolute Gasteiger partial charge is 0.205 e. The van der Waals surface area contributed by atoms with Crippen LogP contribution in [-0.2, 0) is 5.54 Å². The summed E-state index contributed by atoms with van der Waals surface area (Å²) in [5.41, 5.74) is 4.14. The highest BCUT2D eigenvalue weighted by atomic mass is 35.5. The molecule has 1 aromatic heterocycles. The molecular weight excluding hydrogens is 416 g/mol. The zero-order valence-electron chi connectivity index (χ0n) is 17.6. The first-order valence-corrected chi connectivity index (χ1v) is 10.8. The summed E-state index contributed by atoms with van der Waals surface area (Å²) in [7, 11) is 0. The molecule has 0 unspecified atom stereocenters. The smallest absolute Gasteiger partial charge is 0.144 e. The van der Waals surface area contributed by atoms with Crippen LogP contribution in [0.15, 0.2) is 109 Å². The van der Waals surface area contributed by atoms with Crippen molar-refractivity contribution >= 4 is 11.6 Å². The maximum Gasteiger partial charge on any atom is 0.205 e. The summed E-state index contributed by atoms with van der Waals surface area (Å²) in [6, 6.07) is 36.6. The molecule has 0 atom stereocenters. The van der Waals surface area contributed by atoms with Crippen molar-refractivity contribution in [2.24, 2.45) is 0 Å². The maximum atomic E-state index is 6.37. The van der Waals surface area contributed by atoms with E-state index in [-0.39, 0.29) is 0 Å². The molecule has 5 heteroatoms. The molecule has 0 N–H and O–H groups in total. The molecular formula is C27H21ClN4. The molecule has 32 heavy (non-hydrogen) atoms. The SMILES string of the molecule is Cc1c(Cl)cccc1-c1nnn(C(c2ccccc2)(c2ccccc2)c2ccccc2)n1. The first-order valence-electron chi connectivity index (χ1n) is 10.4. The van der Waals surface area contributed by atoms with Gasteiger partial charge in [-0.2, -0.15) is 0 Å². The summed E-state index contributed by atoms with van der Waals surface area (Å²) >= 11 is 6.37. The minimum absolute atomic E-state index is 0.539. The molecule has 0 aliphatic rings. The third-order valence-electron chi connectivity index (χ3n) is 5.80. The number of rotatable bonds is 5. The van der Waals surface area contributed by atoms with E-state index in [1.165, 1.54) is 0 Å². The number of hydrogen-bond donors (Lipinski definition) is 0. The monoisotopic (exact) mass is 436 g/mol. The molecule has 1 heterocycles. The van der Waals surface area contributed by atoms with Gasteiger partial charge < -0.3 is 0 Å². The van der Waals surface area contributed by atoms with Gasteiger partial charge in [-0.25, -0.2) is 0 Å². The zero-order valence-corrected chi connectivity index (χ0v) is 18.3. The van der Waals surface area contributed by atoms with Crippen LogP contribution in [0.25, 0.3) is 11.4 Å². The van der Waals surface area contributed by atoms with Gasteiger partial charge >= 0.3 is 0 Å². The van der Waals surface area contributed by atoms with E-state index in [1.807, 2.05) is 79.7 Å². The first-order chi connectivity index (χ1) is 15.7. The van der Waals surface area contributed by atoms with Gasteiger partial charge in [-0.05, 0) is 40.5 Å². The third kappa shape index (κ3) is 3.29. The fourth-order valence-electron chi connectivity index (χ4n) is 4.20. The molecule has 156 valence electrons. The van der Waals surface area contributed by atoms with Crippen molar-refractivity contribution in [1.29, 1.82) is 0 Å². The molecule has 0 radical (unpaired) electrons. The van der Waals surface area contributed by atoms with Gasteiger partial charge in [-0.3, -0.25) is 0 Å². The van der Waals surface area contributed by atoms with E-state index >= 15 is 0 Å². The Morgan fingerprint density at radius 2 is 1.16 bits per heavy atom. The number of aromatic nitrogens is 4. The van der Waals surface area contributed by atoms with Crippen LogP contribution in [-0.4, -0.2) is 20.2 Å². The molecule has 0 aliphatic heterocycles. The molecule has 0 bridgehead atoms. The zero-order chi connectivity index (χ0) is 22.0. The second-order valence-corrected chi connectivity index (χ2v) is 8.03. The van der Waals surface area contributed by atoms with Crippen molar-refractivity contribution in [3.05, 3.63) is 136 Å². The number of benzene rings is 4. The van der Waals surface area contributed by atoms with Gasteiger partial charge in [0.15, 0.2) is 5.54 Å². The summed E-state index contributed by atoms with van der Waals surface area (Å²) in [5.74, 6) is 0.539. The molecule has 0 fully saturated rings. The highest BCUT2D eigenvalue weighted by molar-refractivity contribution is 6.31. The molecule has 4 nitrogen and oxygen atoms in total. The van der Waals surface area contributed by atoms with Crippen LogP contribution in [0.5, 0.6) is 0 Å². The van der Waals surface area contributed by atoms with E-state index in [1.54, 1.807) is 4.80 Å². The number of nitrogens with zero attached hydrogens (tertiary/aromatic N) is 4. The van der Waals surface area contributed by atoms with Gasteiger partial charge in [-0.1, -0.05) is 115 Å². The van der Waals surface area contributed by atoms with Crippen molar-refractivity contribution in [3.63, 3.8) is 0 Å². The topological polar surface area (TPSA) is 43.6 Å². The van der Waals surface area contributed by atoms with Crippen molar-refractivity contribution in [1.82, 2.24) is 20.2 Å². The summed E-state index contributed by atoms with van der Waals surface area (Å²) < 4.78 is 0. The number of halogens is 1. The average molecular weight is 437 g/mol. The quantitative estimate of drug-likeness (QED) is 0.311. The van der Waals surface area contributed by atoms with Crippen molar-refractivity contribution in [3.8, 4) is 11.4 Å². The summed E-state index contributed by atoms with van der Waals surface area (Å²) in [6.45, 7) is 1.97. The van der Waals surface area contributed by atoms with Crippen molar-refractivity contribution in [2.75, 3.05) is 0 Å². The van der Waals surface area contributed by atoms with Gasteiger partial charge in [0.05, 0.1) is 0 Å². The number of tetrazole rings is 1. The summed E-state index contributed by atoms with van der Waals surface area (Å²) in [5, 5.41) is 14.7. The van der Waals surface area contributed by atoms with Crippen molar-refractivity contribution < 1.29 is 0 Å². The third-order valence-corrected chi connectivity index (χ3v) is 6.21. The van der Waals surface area contributed by atoms with Crippen LogP contribution < -0.4 is 0 Å². The predicted octanol–water partition coefficient (Wildman–Crippen LogP) is 6.14. The minimum atomic E-state index is -0.790. The standard InChI is InChI=1S/C27H21ClN4/c1-20-24(18-11-19-25(20)28)26-29-31-32(30-26)27(21-12-5-2-6-13-21,22-14-7-3-8-15-22)23-16-9-4-10-17-23/h2-19H,1H3. The Hall–Kier alpha value is -3.76. The van der Waals surface area contributed by atoms with E-state index in [2.05, 4.69) is 46.7 Å². The Morgan fingerprint density at radius 1 is 0.656 bits per heavy atom. The van der Waals surface area contributed by atoms with Crippen molar-refractivity contribution in [2.45, 2.75) is 12.5 Å². The van der Waals surface area contributed by atoms with Gasteiger partial charge in [0.1, 0.15) is 0 Å². The maximum absolute atomic E-state index is 6.37. The minimum Gasteiger partial charge on any atom is -0.144 e. The molecule has 5 aromatic rings. The van der Waals surface area contributed by atoms with E-state index in [9.17, 15) is 0 Å². The van der Waals surface area contributed by atoms with Crippen LogP contribution in [0.4, 0.5) is 0 Å². The predicted molar refractivity (Wildman–Crippen MR) is 128 cm³/mol. The lowest BCUT2D eigenvalue weighted by atomic mass is 9.77. The van der Waals surface area contributed by atoms with E-state index < -0.39 is 5.54 Å². The molecule has 0 spiro atoms. The first kappa shape index (κ1) is 20.2.